The van der Waals surface area contributed by atoms with Crippen LogP contribution in [0.2, 0.25) is 5.02 Å². The highest BCUT2D eigenvalue weighted by atomic mass is 127. The maximum absolute atomic E-state index is 5.93. The van der Waals surface area contributed by atoms with Gasteiger partial charge < -0.3 is 15.0 Å². The van der Waals surface area contributed by atoms with Crippen molar-refractivity contribution in [3.8, 4) is 0 Å². The number of ether oxygens (including phenoxy) is 1. The van der Waals surface area contributed by atoms with E-state index in [0.717, 1.165) is 63.3 Å². The van der Waals surface area contributed by atoms with Crippen molar-refractivity contribution >= 4 is 41.5 Å². The van der Waals surface area contributed by atoms with Crippen molar-refractivity contribution in [2.24, 2.45) is 4.99 Å². The molecule has 0 aromatic heterocycles. The van der Waals surface area contributed by atoms with E-state index in [1.807, 2.05) is 19.2 Å². The first-order valence-electron chi connectivity index (χ1n) is 8.78. The zero-order valence-corrected chi connectivity index (χ0v) is 17.9. The molecular formula is C18H28ClIN4O. The largest absolute Gasteiger partial charge is 0.379 e. The molecule has 2 aliphatic heterocycles. The van der Waals surface area contributed by atoms with Gasteiger partial charge in [0.05, 0.1) is 13.2 Å². The Balaban J connectivity index is 0.00000225. The van der Waals surface area contributed by atoms with Gasteiger partial charge in [0.15, 0.2) is 5.96 Å². The Morgan fingerprint density at radius 2 is 1.96 bits per heavy atom. The van der Waals surface area contributed by atoms with Crippen LogP contribution in [0.1, 0.15) is 12.0 Å². The lowest BCUT2D eigenvalue weighted by atomic mass is 10.1. The van der Waals surface area contributed by atoms with Crippen molar-refractivity contribution in [3.05, 3.63) is 34.9 Å². The SMILES string of the molecule is CN=C(NCCc1ccc(Cl)cc1)N1CCC(N2CCOCC2)C1.I. The molecule has 2 aliphatic rings. The van der Waals surface area contributed by atoms with E-state index in [0.29, 0.717) is 6.04 Å². The van der Waals surface area contributed by atoms with E-state index >= 15 is 0 Å². The van der Waals surface area contributed by atoms with Gasteiger partial charge in [-0.1, -0.05) is 23.7 Å². The summed E-state index contributed by atoms with van der Waals surface area (Å²) in [6.45, 7) is 6.85. The van der Waals surface area contributed by atoms with Crippen LogP contribution >= 0.6 is 35.6 Å². The molecule has 2 saturated heterocycles. The third-order valence-corrected chi connectivity index (χ3v) is 5.10. The molecule has 0 saturated carbocycles. The molecule has 0 radical (unpaired) electrons. The molecule has 140 valence electrons. The third-order valence-electron chi connectivity index (χ3n) is 4.85. The van der Waals surface area contributed by atoms with E-state index in [-0.39, 0.29) is 24.0 Å². The Morgan fingerprint density at radius 1 is 1.24 bits per heavy atom. The molecule has 25 heavy (non-hydrogen) atoms. The van der Waals surface area contributed by atoms with E-state index in [9.17, 15) is 0 Å². The summed E-state index contributed by atoms with van der Waals surface area (Å²) < 4.78 is 5.46. The second-order valence-electron chi connectivity index (χ2n) is 6.39. The maximum Gasteiger partial charge on any atom is 0.193 e. The fourth-order valence-electron chi connectivity index (χ4n) is 3.48. The average molecular weight is 479 g/mol. The molecule has 2 fully saturated rings. The molecule has 0 spiro atoms. The summed E-state index contributed by atoms with van der Waals surface area (Å²) in [4.78, 5) is 9.40. The van der Waals surface area contributed by atoms with Gasteiger partial charge in [-0.15, -0.1) is 24.0 Å². The smallest absolute Gasteiger partial charge is 0.193 e. The molecule has 0 aliphatic carbocycles. The second-order valence-corrected chi connectivity index (χ2v) is 6.82. The lowest BCUT2D eigenvalue weighted by Gasteiger charge is -2.32. The van der Waals surface area contributed by atoms with Crippen molar-refractivity contribution in [1.29, 1.82) is 0 Å². The number of morpholine rings is 1. The first-order valence-corrected chi connectivity index (χ1v) is 9.16. The molecule has 1 unspecified atom stereocenters. The molecule has 5 nitrogen and oxygen atoms in total. The van der Waals surface area contributed by atoms with Crippen LogP contribution in [-0.2, 0) is 11.2 Å². The highest BCUT2D eigenvalue weighted by Gasteiger charge is 2.30. The lowest BCUT2D eigenvalue weighted by Crippen LogP contribution is -2.46. The number of hydrogen-bond acceptors (Lipinski definition) is 3. The Kier molecular flexibility index (Phi) is 8.75. The van der Waals surface area contributed by atoms with Crippen LogP contribution < -0.4 is 5.32 Å². The first kappa shape index (κ1) is 20.7. The van der Waals surface area contributed by atoms with Gasteiger partial charge in [0, 0.05) is 50.8 Å². The van der Waals surface area contributed by atoms with Crippen LogP contribution in [0.3, 0.4) is 0 Å². The molecule has 2 heterocycles. The number of likely N-dealkylation sites (tertiary alicyclic amines) is 1. The number of benzene rings is 1. The van der Waals surface area contributed by atoms with Crippen molar-refractivity contribution < 1.29 is 4.74 Å². The minimum absolute atomic E-state index is 0. The van der Waals surface area contributed by atoms with Gasteiger partial charge in [-0.25, -0.2) is 0 Å². The van der Waals surface area contributed by atoms with Gasteiger partial charge in [-0.05, 0) is 30.5 Å². The monoisotopic (exact) mass is 478 g/mol. The third kappa shape index (κ3) is 5.98. The molecule has 3 rings (SSSR count). The Bertz CT molecular complexity index is 549. The van der Waals surface area contributed by atoms with Gasteiger partial charge in [-0.2, -0.15) is 0 Å². The van der Waals surface area contributed by atoms with Crippen LogP contribution in [0.5, 0.6) is 0 Å². The predicted octanol–water partition coefficient (Wildman–Crippen LogP) is 2.48. The normalized spacial score (nSPS) is 21.9. The lowest BCUT2D eigenvalue weighted by molar-refractivity contribution is 0.0195. The second kappa shape index (κ2) is 10.5. The number of guanidine groups is 1. The minimum Gasteiger partial charge on any atom is -0.379 e. The average Bonchev–Trinajstić information content (AvgIpc) is 3.11. The van der Waals surface area contributed by atoms with Gasteiger partial charge in [0.1, 0.15) is 0 Å². The summed E-state index contributed by atoms with van der Waals surface area (Å²) in [7, 11) is 1.87. The Hall–Kier alpha value is -0.570. The summed E-state index contributed by atoms with van der Waals surface area (Å²) in [5.74, 6) is 1.01. The molecule has 0 amide bonds. The zero-order valence-electron chi connectivity index (χ0n) is 14.8. The Labute approximate surface area is 172 Å². The number of halogens is 2. The first-order chi connectivity index (χ1) is 11.8. The van der Waals surface area contributed by atoms with Crippen LogP contribution in [0, 0.1) is 0 Å². The molecule has 7 heteroatoms. The molecule has 0 bridgehead atoms. The van der Waals surface area contributed by atoms with E-state index in [1.165, 1.54) is 12.0 Å². The minimum atomic E-state index is 0. The number of aliphatic imine (C=N–C) groups is 1. The molecule has 1 atom stereocenters. The topological polar surface area (TPSA) is 40.1 Å². The Morgan fingerprint density at radius 3 is 2.64 bits per heavy atom. The summed E-state index contributed by atoms with van der Waals surface area (Å²) in [5, 5.41) is 4.28. The highest BCUT2D eigenvalue weighted by molar-refractivity contribution is 14.0. The van der Waals surface area contributed by atoms with Crippen LogP contribution in [0.4, 0.5) is 0 Å². The van der Waals surface area contributed by atoms with Crippen molar-refractivity contribution in [1.82, 2.24) is 15.1 Å². The quantitative estimate of drug-likeness (QED) is 0.410. The van der Waals surface area contributed by atoms with E-state index in [2.05, 4.69) is 32.2 Å². The molecule has 1 N–H and O–H groups in total. The van der Waals surface area contributed by atoms with Gasteiger partial charge in [0.25, 0.3) is 0 Å². The van der Waals surface area contributed by atoms with Crippen molar-refractivity contribution in [2.45, 2.75) is 18.9 Å². The predicted molar refractivity (Wildman–Crippen MR) is 114 cm³/mol. The molecule has 1 aromatic carbocycles. The summed E-state index contributed by atoms with van der Waals surface area (Å²) in [6, 6.07) is 8.68. The summed E-state index contributed by atoms with van der Waals surface area (Å²) in [5.41, 5.74) is 1.29. The number of hydrogen-bond donors (Lipinski definition) is 1. The van der Waals surface area contributed by atoms with E-state index in [1.54, 1.807) is 0 Å². The van der Waals surface area contributed by atoms with Gasteiger partial charge >= 0.3 is 0 Å². The maximum atomic E-state index is 5.93. The molecule has 1 aromatic rings. The fourth-order valence-corrected chi connectivity index (χ4v) is 3.60. The number of nitrogens with zero attached hydrogens (tertiary/aromatic N) is 3. The van der Waals surface area contributed by atoms with Crippen molar-refractivity contribution in [3.63, 3.8) is 0 Å². The van der Waals surface area contributed by atoms with E-state index < -0.39 is 0 Å². The van der Waals surface area contributed by atoms with Gasteiger partial charge in [-0.3, -0.25) is 9.89 Å². The number of rotatable bonds is 4. The zero-order chi connectivity index (χ0) is 16.8. The molecular weight excluding hydrogens is 451 g/mol. The van der Waals surface area contributed by atoms with E-state index in [4.69, 9.17) is 16.3 Å². The summed E-state index contributed by atoms with van der Waals surface area (Å²) >= 11 is 5.93. The van der Waals surface area contributed by atoms with Crippen molar-refractivity contribution in [2.75, 3.05) is 53.0 Å². The summed E-state index contributed by atoms with van der Waals surface area (Å²) in [6.07, 6.45) is 2.18. The highest BCUT2D eigenvalue weighted by Crippen LogP contribution is 2.17. The number of nitrogens with one attached hydrogen (secondary N) is 1. The van der Waals surface area contributed by atoms with Gasteiger partial charge in [0.2, 0.25) is 0 Å². The standard InChI is InChI=1S/C18H27ClN4O.HI/c1-20-18(21-8-6-15-2-4-16(19)5-3-15)23-9-7-17(14-23)22-10-12-24-13-11-22;/h2-5,17H,6-14H2,1H3,(H,20,21);1H. The van der Waals surface area contributed by atoms with Crippen LogP contribution in [-0.4, -0.2) is 74.8 Å². The fraction of sp³-hybridized carbons (Fsp3) is 0.611. The van der Waals surface area contributed by atoms with Crippen LogP contribution in [0.25, 0.3) is 0 Å². The van der Waals surface area contributed by atoms with Crippen LogP contribution in [0.15, 0.2) is 29.3 Å².